The summed E-state index contributed by atoms with van der Waals surface area (Å²) in [4.78, 5) is 23.0. The van der Waals surface area contributed by atoms with Crippen LogP contribution in [0.15, 0.2) is 30.3 Å². The monoisotopic (exact) mass is 346 g/mol. The quantitative estimate of drug-likeness (QED) is 0.921. The van der Waals surface area contributed by atoms with E-state index in [1.165, 1.54) is 0 Å². The number of aryl methyl sites for hydroxylation is 1. The number of aromatic nitrogens is 2. The third-order valence-corrected chi connectivity index (χ3v) is 3.99. The van der Waals surface area contributed by atoms with E-state index >= 15 is 0 Å². The van der Waals surface area contributed by atoms with Gasteiger partial charge in [0.2, 0.25) is 5.95 Å². The van der Waals surface area contributed by atoms with Crippen LogP contribution in [0.1, 0.15) is 21.7 Å². The normalized spacial score (nSPS) is 14.5. The SMILES string of the molecule is Cc1cc(C(=O)N2CCOCC2)nc(NCc2ccc(Cl)cc2)n1. The highest BCUT2D eigenvalue weighted by Gasteiger charge is 2.20. The molecule has 0 atom stereocenters. The lowest BCUT2D eigenvalue weighted by Crippen LogP contribution is -2.41. The van der Waals surface area contributed by atoms with Crippen molar-refractivity contribution in [1.82, 2.24) is 14.9 Å². The molecule has 1 aliphatic heterocycles. The van der Waals surface area contributed by atoms with Crippen molar-refractivity contribution in [1.29, 1.82) is 0 Å². The van der Waals surface area contributed by atoms with Gasteiger partial charge in [-0.1, -0.05) is 23.7 Å². The lowest BCUT2D eigenvalue weighted by atomic mass is 10.2. The Kier molecular flexibility index (Phi) is 5.27. The highest BCUT2D eigenvalue weighted by Crippen LogP contribution is 2.13. The minimum atomic E-state index is -0.0849. The van der Waals surface area contributed by atoms with Crippen LogP contribution in [0.5, 0.6) is 0 Å². The van der Waals surface area contributed by atoms with Crippen LogP contribution in [-0.2, 0) is 11.3 Å². The van der Waals surface area contributed by atoms with E-state index in [9.17, 15) is 4.79 Å². The number of anilines is 1. The average molecular weight is 347 g/mol. The first-order chi connectivity index (χ1) is 11.6. The molecule has 0 bridgehead atoms. The van der Waals surface area contributed by atoms with Crippen LogP contribution in [0.25, 0.3) is 0 Å². The third kappa shape index (κ3) is 4.21. The molecule has 2 aromatic rings. The fourth-order valence-electron chi connectivity index (χ4n) is 2.47. The summed E-state index contributed by atoms with van der Waals surface area (Å²) >= 11 is 5.88. The highest BCUT2D eigenvalue weighted by atomic mass is 35.5. The molecule has 0 unspecified atom stereocenters. The van der Waals surface area contributed by atoms with Crippen LogP contribution < -0.4 is 5.32 Å². The molecule has 1 saturated heterocycles. The summed E-state index contributed by atoms with van der Waals surface area (Å²) in [5, 5.41) is 3.86. The molecule has 0 saturated carbocycles. The number of rotatable bonds is 4. The second-order valence-electron chi connectivity index (χ2n) is 5.60. The van der Waals surface area contributed by atoms with E-state index in [2.05, 4.69) is 15.3 Å². The van der Waals surface area contributed by atoms with Gasteiger partial charge in [-0.2, -0.15) is 0 Å². The Morgan fingerprint density at radius 1 is 1.25 bits per heavy atom. The van der Waals surface area contributed by atoms with Crippen molar-refractivity contribution in [3.05, 3.63) is 52.3 Å². The lowest BCUT2D eigenvalue weighted by molar-refractivity contribution is 0.0299. The summed E-state index contributed by atoms with van der Waals surface area (Å²) in [7, 11) is 0. The van der Waals surface area contributed by atoms with E-state index in [4.69, 9.17) is 16.3 Å². The van der Waals surface area contributed by atoms with Crippen molar-refractivity contribution in [3.63, 3.8) is 0 Å². The Hall–Kier alpha value is -2.18. The van der Waals surface area contributed by atoms with Gasteiger partial charge in [0.25, 0.3) is 5.91 Å². The van der Waals surface area contributed by atoms with E-state index in [1.807, 2.05) is 31.2 Å². The lowest BCUT2D eigenvalue weighted by Gasteiger charge is -2.26. The minimum absolute atomic E-state index is 0.0849. The number of benzene rings is 1. The summed E-state index contributed by atoms with van der Waals surface area (Å²) in [6.45, 7) is 4.73. The number of hydrogen-bond donors (Lipinski definition) is 1. The van der Waals surface area contributed by atoms with Crippen molar-refractivity contribution >= 4 is 23.5 Å². The van der Waals surface area contributed by atoms with Gasteiger partial charge >= 0.3 is 0 Å². The van der Waals surface area contributed by atoms with Gasteiger partial charge in [-0.05, 0) is 30.7 Å². The molecular weight excluding hydrogens is 328 g/mol. The summed E-state index contributed by atoms with van der Waals surface area (Å²) in [5.41, 5.74) is 2.22. The van der Waals surface area contributed by atoms with Gasteiger partial charge in [-0.3, -0.25) is 4.79 Å². The predicted octanol–water partition coefficient (Wildman–Crippen LogP) is 2.52. The molecule has 0 aliphatic carbocycles. The first-order valence-electron chi connectivity index (χ1n) is 7.83. The molecule has 1 aromatic heterocycles. The number of amides is 1. The largest absolute Gasteiger partial charge is 0.378 e. The van der Waals surface area contributed by atoms with Crippen LogP contribution >= 0.6 is 11.6 Å². The third-order valence-electron chi connectivity index (χ3n) is 3.74. The maximum Gasteiger partial charge on any atom is 0.272 e. The maximum atomic E-state index is 12.6. The van der Waals surface area contributed by atoms with Crippen molar-refractivity contribution in [2.24, 2.45) is 0 Å². The van der Waals surface area contributed by atoms with Gasteiger partial charge in [-0.15, -0.1) is 0 Å². The standard InChI is InChI=1S/C17H19ClN4O2/c1-12-10-15(16(23)22-6-8-24-9-7-22)21-17(20-12)19-11-13-2-4-14(18)5-3-13/h2-5,10H,6-9,11H2,1H3,(H,19,20,21). The van der Waals surface area contributed by atoms with Crippen LogP contribution in [0.4, 0.5) is 5.95 Å². The molecule has 0 spiro atoms. The molecule has 24 heavy (non-hydrogen) atoms. The van der Waals surface area contributed by atoms with Crippen LogP contribution in [-0.4, -0.2) is 47.1 Å². The zero-order chi connectivity index (χ0) is 16.9. The summed E-state index contributed by atoms with van der Waals surface area (Å²) in [5.74, 6) is 0.361. The Balaban J connectivity index is 1.71. The van der Waals surface area contributed by atoms with E-state index in [-0.39, 0.29) is 5.91 Å². The number of hydrogen-bond acceptors (Lipinski definition) is 5. The zero-order valence-corrected chi connectivity index (χ0v) is 14.2. The highest BCUT2D eigenvalue weighted by molar-refractivity contribution is 6.30. The molecule has 2 heterocycles. The first-order valence-corrected chi connectivity index (χ1v) is 8.20. The van der Waals surface area contributed by atoms with Gasteiger partial charge in [0.15, 0.2) is 0 Å². The molecule has 1 aliphatic rings. The number of carbonyl (C=O) groups is 1. The number of nitrogens with zero attached hydrogens (tertiary/aromatic N) is 3. The van der Waals surface area contributed by atoms with E-state index in [0.717, 1.165) is 11.3 Å². The molecule has 7 heteroatoms. The molecule has 6 nitrogen and oxygen atoms in total. The fourth-order valence-corrected chi connectivity index (χ4v) is 2.59. The molecular formula is C17H19ClN4O2. The van der Waals surface area contributed by atoms with Gasteiger partial charge in [0.1, 0.15) is 5.69 Å². The second-order valence-corrected chi connectivity index (χ2v) is 6.04. The molecule has 126 valence electrons. The van der Waals surface area contributed by atoms with E-state index < -0.39 is 0 Å². The minimum Gasteiger partial charge on any atom is -0.378 e. The number of morpholine rings is 1. The van der Waals surface area contributed by atoms with Gasteiger partial charge in [-0.25, -0.2) is 9.97 Å². The van der Waals surface area contributed by atoms with E-state index in [0.29, 0.717) is 49.5 Å². The van der Waals surface area contributed by atoms with Gasteiger partial charge < -0.3 is 15.0 Å². The summed E-state index contributed by atoms with van der Waals surface area (Å²) in [6.07, 6.45) is 0. The fraction of sp³-hybridized carbons (Fsp3) is 0.353. The number of ether oxygens (including phenoxy) is 1. The molecule has 3 rings (SSSR count). The van der Waals surface area contributed by atoms with Crippen molar-refractivity contribution in [2.75, 3.05) is 31.6 Å². The average Bonchev–Trinajstić information content (AvgIpc) is 2.61. The van der Waals surface area contributed by atoms with Crippen molar-refractivity contribution in [2.45, 2.75) is 13.5 Å². The molecule has 1 N–H and O–H groups in total. The van der Waals surface area contributed by atoms with Crippen LogP contribution in [0, 0.1) is 6.92 Å². The van der Waals surface area contributed by atoms with Gasteiger partial charge in [0.05, 0.1) is 13.2 Å². The van der Waals surface area contributed by atoms with Crippen molar-refractivity contribution in [3.8, 4) is 0 Å². The number of carbonyl (C=O) groups excluding carboxylic acids is 1. The van der Waals surface area contributed by atoms with Crippen molar-refractivity contribution < 1.29 is 9.53 Å². The van der Waals surface area contributed by atoms with Crippen LogP contribution in [0.3, 0.4) is 0 Å². The molecule has 1 fully saturated rings. The second kappa shape index (κ2) is 7.59. The summed E-state index contributed by atoms with van der Waals surface area (Å²) in [6, 6.07) is 9.26. The topological polar surface area (TPSA) is 67.4 Å². The smallest absolute Gasteiger partial charge is 0.272 e. The maximum absolute atomic E-state index is 12.6. The number of nitrogens with one attached hydrogen (secondary N) is 1. The Bertz CT molecular complexity index is 715. The Morgan fingerprint density at radius 3 is 2.67 bits per heavy atom. The molecule has 1 amide bonds. The van der Waals surface area contributed by atoms with E-state index in [1.54, 1.807) is 11.0 Å². The first kappa shape index (κ1) is 16.7. The molecule has 1 aromatic carbocycles. The molecule has 0 radical (unpaired) electrons. The Morgan fingerprint density at radius 2 is 1.96 bits per heavy atom. The van der Waals surface area contributed by atoms with Gasteiger partial charge in [0, 0.05) is 30.4 Å². The summed E-state index contributed by atoms with van der Waals surface area (Å²) < 4.78 is 5.28. The van der Waals surface area contributed by atoms with Crippen LogP contribution in [0.2, 0.25) is 5.02 Å². The predicted molar refractivity (Wildman–Crippen MR) is 92.3 cm³/mol. The Labute approximate surface area is 145 Å². The zero-order valence-electron chi connectivity index (χ0n) is 13.5. The number of halogens is 1.